The molecule has 0 unspecified atom stereocenters. The van der Waals surface area contributed by atoms with E-state index in [0.29, 0.717) is 18.2 Å². The van der Waals surface area contributed by atoms with Gasteiger partial charge in [0, 0.05) is 11.6 Å². The molecule has 0 bridgehead atoms. The Labute approximate surface area is 148 Å². The van der Waals surface area contributed by atoms with Gasteiger partial charge in [-0.15, -0.1) is 0 Å². The van der Waals surface area contributed by atoms with Crippen molar-refractivity contribution in [3.63, 3.8) is 0 Å². The van der Waals surface area contributed by atoms with Crippen molar-refractivity contribution in [3.05, 3.63) is 58.6 Å². The van der Waals surface area contributed by atoms with Crippen LogP contribution in [-0.4, -0.2) is 22.1 Å². The first-order valence-electron chi connectivity index (χ1n) is 7.13. The number of halogens is 4. The van der Waals surface area contributed by atoms with Gasteiger partial charge in [-0.05, 0) is 42.3 Å². The fourth-order valence-corrected chi connectivity index (χ4v) is 3.57. The maximum atomic E-state index is 13.1. The van der Waals surface area contributed by atoms with E-state index in [-0.39, 0.29) is 11.6 Å². The molecule has 2 rings (SSSR count). The second-order valence-corrected chi connectivity index (χ2v) is 7.31. The molecule has 0 aliphatic rings. The number of sulfonamides is 1. The van der Waals surface area contributed by atoms with Gasteiger partial charge >= 0.3 is 6.18 Å². The first-order valence-corrected chi connectivity index (χ1v) is 8.99. The molecule has 0 saturated carbocycles. The molecular weight excluding hydrogens is 379 g/mol. The molecule has 0 heterocycles. The summed E-state index contributed by atoms with van der Waals surface area (Å²) in [6, 6.07) is 9.47. The van der Waals surface area contributed by atoms with Crippen molar-refractivity contribution < 1.29 is 26.3 Å². The second kappa shape index (κ2) is 7.63. The number of ether oxygens (including phenoxy) is 1. The Bertz CT molecular complexity index is 837. The van der Waals surface area contributed by atoms with Gasteiger partial charge < -0.3 is 4.74 Å². The summed E-state index contributed by atoms with van der Waals surface area (Å²) in [7, 11) is -2.81. The molecule has 136 valence electrons. The zero-order valence-electron chi connectivity index (χ0n) is 13.1. The van der Waals surface area contributed by atoms with E-state index in [1.807, 2.05) is 0 Å². The number of alkyl halides is 3. The number of hydrogen-bond donors (Lipinski definition) is 1. The van der Waals surface area contributed by atoms with Crippen LogP contribution in [0.2, 0.25) is 5.02 Å². The fraction of sp³-hybridized carbons (Fsp3) is 0.250. The Morgan fingerprint density at radius 1 is 1.12 bits per heavy atom. The SMILES string of the molecule is COc1ccc(CCNS(=O)(=O)c2ccc(Cl)cc2C(F)(F)F)cc1. The highest BCUT2D eigenvalue weighted by Gasteiger charge is 2.37. The molecule has 0 radical (unpaired) electrons. The van der Waals surface area contributed by atoms with Crippen molar-refractivity contribution in [2.45, 2.75) is 17.5 Å². The van der Waals surface area contributed by atoms with Gasteiger partial charge in [-0.25, -0.2) is 13.1 Å². The minimum absolute atomic E-state index is 0.0470. The summed E-state index contributed by atoms with van der Waals surface area (Å²) < 4.78 is 70.8. The van der Waals surface area contributed by atoms with Crippen LogP contribution in [0.1, 0.15) is 11.1 Å². The highest BCUT2D eigenvalue weighted by atomic mass is 35.5. The maximum Gasteiger partial charge on any atom is 0.417 e. The van der Waals surface area contributed by atoms with Gasteiger partial charge in [-0.1, -0.05) is 23.7 Å². The summed E-state index contributed by atoms with van der Waals surface area (Å²) in [4.78, 5) is -0.848. The van der Waals surface area contributed by atoms with E-state index < -0.39 is 26.7 Å². The maximum absolute atomic E-state index is 13.1. The van der Waals surface area contributed by atoms with Crippen LogP contribution in [0.5, 0.6) is 5.75 Å². The molecule has 1 N–H and O–H groups in total. The van der Waals surface area contributed by atoms with Crippen molar-refractivity contribution in [2.75, 3.05) is 13.7 Å². The van der Waals surface area contributed by atoms with Crippen LogP contribution in [0.3, 0.4) is 0 Å². The minimum Gasteiger partial charge on any atom is -0.497 e. The van der Waals surface area contributed by atoms with Crippen LogP contribution in [0.4, 0.5) is 13.2 Å². The average molecular weight is 394 g/mol. The van der Waals surface area contributed by atoms with Crippen LogP contribution in [0.15, 0.2) is 47.4 Å². The van der Waals surface area contributed by atoms with Crippen molar-refractivity contribution in [3.8, 4) is 5.75 Å². The van der Waals surface area contributed by atoms with Gasteiger partial charge in [0.1, 0.15) is 5.75 Å². The van der Waals surface area contributed by atoms with Gasteiger partial charge in [0.25, 0.3) is 0 Å². The second-order valence-electron chi connectivity index (χ2n) is 5.13. The molecule has 0 amide bonds. The van der Waals surface area contributed by atoms with E-state index in [0.717, 1.165) is 17.7 Å². The van der Waals surface area contributed by atoms with Crippen LogP contribution >= 0.6 is 11.6 Å². The third-order valence-electron chi connectivity index (χ3n) is 3.40. The number of nitrogens with one attached hydrogen (secondary N) is 1. The lowest BCUT2D eigenvalue weighted by atomic mass is 10.1. The third-order valence-corrected chi connectivity index (χ3v) is 5.16. The third kappa shape index (κ3) is 5.10. The van der Waals surface area contributed by atoms with Crippen LogP contribution in [0, 0.1) is 0 Å². The summed E-state index contributed by atoms with van der Waals surface area (Å²) in [5, 5.41) is -0.190. The molecule has 2 aromatic rings. The summed E-state index contributed by atoms with van der Waals surface area (Å²) in [6.45, 7) is -0.0470. The largest absolute Gasteiger partial charge is 0.497 e. The smallest absolute Gasteiger partial charge is 0.417 e. The molecule has 4 nitrogen and oxygen atoms in total. The Hall–Kier alpha value is -1.77. The van der Waals surface area contributed by atoms with Crippen LogP contribution in [0.25, 0.3) is 0 Å². The first-order chi connectivity index (χ1) is 11.6. The lowest BCUT2D eigenvalue weighted by Gasteiger charge is -2.14. The molecule has 25 heavy (non-hydrogen) atoms. The van der Waals surface area contributed by atoms with Crippen LogP contribution in [-0.2, 0) is 22.6 Å². The highest BCUT2D eigenvalue weighted by Crippen LogP contribution is 2.35. The first kappa shape index (κ1) is 19.6. The molecular formula is C16H15ClF3NO3S. The number of hydrogen-bond acceptors (Lipinski definition) is 3. The summed E-state index contributed by atoms with van der Waals surface area (Å²) in [6.07, 6.45) is -4.51. The molecule has 0 aromatic heterocycles. The van der Waals surface area contributed by atoms with E-state index in [4.69, 9.17) is 16.3 Å². The zero-order valence-corrected chi connectivity index (χ0v) is 14.7. The monoisotopic (exact) mass is 393 g/mol. The highest BCUT2D eigenvalue weighted by molar-refractivity contribution is 7.89. The Morgan fingerprint density at radius 2 is 1.76 bits per heavy atom. The van der Waals surface area contributed by atoms with Crippen molar-refractivity contribution in [2.24, 2.45) is 0 Å². The van der Waals surface area contributed by atoms with E-state index in [2.05, 4.69) is 4.72 Å². The van der Waals surface area contributed by atoms with E-state index in [1.54, 1.807) is 24.3 Å². The Balaban J connectivity index is 2.14. The number of rotatable bonds is 6. The molecule has 0 aliphatic heterocycles. The van der Waals surface area contributed by atoms with Gasteiger partial charge in [-0.3, -0.25) is 0 Å². The fourth-order valence-electron chi connectivity index (χ4n) is 2.16. The predicted octanol–water partition coefficient (Wildman–Crippen LogP) is 3.89. The lowest BCUT2D eigenvalue weighted by molar-refractivity contribution is -0.139. The van der Waals surface area contributed by atoms with Gasteiger partial charge in [0.15, 0.2) is 0 Å². The van der Waals surface area contributed by atoms with Gasteiger partial charge in [0.05, 0.1) is 17.6 Å². The van der Waals surface area contributed by atoms with E-state index in [1.165, 1.54) is 7.11 Å². The number of benzene rings is 2. The lowest BCUT2D eigenvalue weighted by Crippen LogP contribution is -2.28. The molecule has 9 heteroatoms. The van der Waals surface area contributed by atoms with Crippen molar-refractivity contribution in [1.29, 1.82) is 0 Å². The quantitative estimate of drug-likeness (QED) is 0.810. The molecule has 0 aliphatic carbocycles. The minimum atomic E-state index is -4.83. The van der Waals surface area contributed by atoms with Gasteiger partial charge in [0.2, 0.25) is 10.0 Å². The van der Waals surface area contributed by atoms with E-state index in [9.17, 15) is 21.6 Å². The van der Waals surface area contributed by atoms with Crippen molar-refractivity contribution in [1.82, 2.24) is 4.72 Å². The summed E-state index contributed by atoms with van der Waals surface area (Å²) in [5.74, 6) is 0.653. The predicted molar refractivity (Wildman–Crippen MR) is 88.3 cm³/mol. The summed E-state index contributed by atoms with van der Waals surface area (Å²) in [5.41, 5.74) is -0.479. The topological polar surface area (TPSA) is 55.4 Å². The number of methoxy groups -OCH3 is 1. The molecule has 2 aromatic carbocycles. The van der Waals surface area contributed by atoms with Crippen molar-refractivity contribution >= 4 is 21.6 Å². The molecule has 0 atom stereocenters. The Morgan fingerprint density at radius 3 is 2.32 bits per heavy atom. The normalized spacial score (nSPS) is 12.2. The molecule has 0 saturated heterocycles. The molecule has 0 spiro atoms. The van der Waals surface area contributed by atoms with Crippen LogP contribution < -0.4 is 9.46 Å². The van der Waals surface area contributed by atoms with Gasteiger partial charge in [-0.2, -0.15) is 13.2 Å². The molecule has 0 fully saturated rings. The zero-order chi connectivity index (χ0) is 18.7. The summed E-state index contributed by atoms with van der Waals surface area (Å²) >= 11 is 5.56. The average Bonchev–Trinajstić information content (AvgIpc) is 2.54. The van der Waals surface area contributed by atoms with E-state index >= 15 is 0 Å². The Kier molecular flexibility index (Phi) is 5.97. The standard InChI is InChI=1S/C16H15ClF3NO3S/c1-24-13-5-2-11(3-6-13)8-9-21-25(22,23)15-7-4-12(17)10-14(15)16(18,19)20/h2-7,10,21H,8-9H2,1H3.